The Labute approximate surface area is 131 Å². The molecule has 106 valence electrons. The molecule has 5 heteroatoms. The number of hydrogen-bond donors (Lipinski definition) is 1. The van der Waals surface area contributed by atoms with Gasteiger partial charge in [0.05, 0.1) is 16.0 Å². The van der Waals surface area contributed by atoms with E-state index in [2.05, 4.69) is 16.4 Å². The summed E-state index contributed by atoms with van der Waals surface area (Å²) in [6, 6.07) is 17.6. The Morgan fingerprint density at radius 2 is 1.86 bits per heavy atom. The molecule has 1 N–H and O–H groups in total. The van der Waals surface area contributed by atoms with Crippen molar-refractivity contribution < 1.29 is 4.79 Å². The quantitative estimate of drug-likeness (QED) is 0.768. The number of para-hydroxylation sites is 2. The van der Waals surface area contributed by atoms with Gasteiger partial charge in [-0.15, -0.1) is 23.1 Å². The summed E-state index contributed by atoms with van der Waals surface area (Å²) in [4.78, 5) is 16.4. The van der Waals surface area contributed by atoms with Crippen LogP contribution in [0.2, 0.25) is 0 Å². The molecule has 0 aliphatic rings. The summed E-state index contributed by atoms with van der Waals surface area (Å²) in [5, 5.41) is 3.94. The molecule has 21 heavy (non-hydrogen) atoms. The maximum absolute atomic E-state index is 11.8. The third-order valence-corrected chi connectivity index (χ3v) is 5.02. The number of anilines is 1. The van der Waals surface area contributed by atoms with E-state index in [1.807, 2.05) is 48.5 Å². The summed E-state index contributed by atoms with van der Waals surface area (Å²) in [7, 11) is 0. The molecule has 0 spiro atoms. The zero-order chi connectivity index (χ0) is 14.5. The molecule has 0 bridgehead atoms. The van der Waals surface area contributed by atoms with Gasteiger partial charge in [-0.3, -0.25) is 4.79 Å². The van der Waals surface area contributed by atoms with Crippen molar-refractivity contribution in [1.29, 1.82) is 0 Å². The lowest BCUT2D eigenvalue weighted by Crippen LogP contribution is -2.13. The molecule has 0 atom stereocenters. The molecule has 1 amide bonds. The summed E-state index contributed by atoms with van der Waals surface area (Å²) in [6.45, 7) is 0. The van der Waals surface area contributed by atoms with Crippen molar-refractivity contribution in [3.63, 3.8) is 0 Å². The average Bonchev–Trinajstić information content (AvgIpc) is 2.91. The highest BCUT2D eigenvalue weighted by atomic mass is 32.2. The van der Waals surface area contributed by atoms with Gasteiger partial charge in [-0.1, -0.05) is 30.3 Å². The maximum Gasteiger partial charge on any atom is 0.234 e. The molecule has 0 saturated heterocycles. The molecular formula is C16H14N2OS2. The monoisotopic (exact) mass is 314 g/mol. The van der Waals surface area contributed by atoms with Crippen molar-refractivity contribution in [3.05, 3.63) is 59.6 Å². The highest BCUT2D eigenvalue weighted by molar-refractivity contribution is 7.99. The van der Waals surface area contributed by atoms with Crippen LogP contribution in [0.25, 0.3) is 10.2 Å². The normalized spacial score (nSPS) is 10.7. The van der Waals surface area contributed by atoms with Crippen LogP contribution in [0, 0.1) is 0 Å². The Balaban J connectivity index is 1.50. The number of nitrogens with zero attached hydrogens (tertiary/aromatic N) is 1. The smallest absolute Gasteiger partial charge is 0.234 e. The largest absolute Gasteiger partial charge is 0.325 e. The molecule has 0 aliphatic carbocycles. The lowest BCUT2D eigenvalue weighted by molar-refractivity contribution is -0.113. The van der Waals surface area contributed by atoms with Crippen molar-refractivity contribution in [2.75, 3.05) is 11.1 Å². The predicted molar refractivity (Wildman–Crippen MR) is 90.9 cm³/mol. The number of carbonyl (C=O) groups excluding carboxylic acids is 1. The molecule has 1 heterocycles. The molecule has 0 aliphatic heterocycles. The van der Waals surface area contributed by atoms with Crippen LogP contribution in [-0.4, -0.2) is 16.6 Å². The fourth-order valence-electron chi connectivity index (χ4n) is 1.93. The van der Waals surface area contributed by atoms with Crippen molar-refractivity contribution >= 4 is 44.9 Å². The van der Waals surface area contributed by atoms with Gasteiger partial charge in [0.2, 0.25) is 5.91 Å². The van der Waals surface area contributed by atoms with E-state index in [4.69, 9.17) is 0 Å². The fraction of sp³-hybridized carbons (Fsp3) is 0.125. The Hall–Kier alpha value is -1.85. The van der Waals surface area contributed by atoms with E-state index in [0.29, 0.717) is 5.75 Å². The zero-order valence-electron chi connectivity index (χ0n) is 11.3. The van der Waals surface area contributed by atoms with Gasteiger partial charge in [0.1, 0.15) is 5.01 Å². The van der Waals surface area contributed by atoms with E-state index in [-0.39, 0.29) is 5.91 Å². The Bertz CT molecular complexity index is 707. The molecule has 3 rings (SSSR count). The highest BCUT2D eigenvalue weighted by Crippen LogP contribution is 2.24. The lowest BCUT2D eigenvalue weighted by Gasteiger charge is -2.03. The molecule has 0 radical (unpaired) electrons. The van der Waals surface area contributed by atoms with Gasteiger partial charge in [0.25, 0.3) is 0 Å². The van der Waals surface area contributed by atoms with Crippen molar-refractivity contribution in [2.24, 2.45) is 0 Å². The van der Waals surface area contributed by atoms with Crippen molar-refractivity contribution in [3.8, 4) is 0 Å². The van der Waals surface area contributed by atoms with Crippen LogP contribution < -0.4 is 5.32 Å². The first-order chi connectivity index (χ1) is 10.3. The summed E-state index contributed by atoms with van der Waals surface area (Å²) >= 11 is 3.27. The van der Waals surface area contributed by atoms with Gasteiger partial charge in [0, 0.05) is 11.4 Å². The summed E-state index contributed by atoms with van der Waals surface area (Å²) in [5.74, 6) is 1.22. The van der Waals surface area contributed by atoms with Crippen molar-refractivity contribution in [2.45, 2.75) is 5.75 Å². The van der Waals surface area contributed by atoms with Crippen LogP contribution in [-0.2, 0) is 10.5 Å². The second kappa shape index (κ2) is 6.74. The molecule has 0 unspecified atom stereocenters. The third kappa shape index (κ3) is 3.83. The Morgan fingerprint density at radius 3 is 2.67 bits per heavy atom. The van der Waals surface area contributed by atoms with Gasteiger partial charge in [-0.25, -0.2) is 4.98 Å². The molecular weight excluding hydrogens is 300 g/mol. The first kappa shape index (κ1) is 14.1. The Kier molecular flexibility index (Phi) is 4.52. The second-order valence-electron chi connectivity index (χ2n) is 4.48. The lowest BCUT2D eigenvalue weighted by atomic mass is 10.3. The molecule has 3 nitrogen and oxygen atoms in total. The summed E-state index contributed by atoms with van der Waals surface area (Å²) < 4.78 is 1.20. The number of nitrogens with one attached hydrogen (secondary N) is 1. The third-order valence-electron chi connectivity index (χ3n) is 2.85. The van der Waals surface area contributed by atoms with Crippen LogP contribution in [0.1, 0.15) is 5.01 Å². The van der Waals surface area contributed by atoms with Crippen LogP contribution in [0.3, 0.4) is 0 Å². The number of aromatic nitrogens is 1. The number of fused-ring (bicyclic) bond motifs is 1. The molecule has 1 aromatic heterocycles. The van der Waals surface area contributed by atoms with E-state index in [0.717, 1.165) is 22.0 Å². The average molecular weight is 314 g/mol. The second-order valence-corrected chi connectivity index (χ2v) is 6.58. The van der Waals surface area contributed by atoms with E-state index < -0.39 is 0 Å². The van der Waals surface area contributed by atoms with Gasteiger partial charge in [0.15, 0.2) is 0 Å². The number of carbonyl (C=O) groups is 1. The topological polar surface area (TPSA) is 42.0 Å². The minimum absolute atomic E-state index is 0.0207. The van der Waals surface area contributed by atoms with Gasteiger partial charge >= 0.3 is 0 Å². The van der Waals surface area contributed by atoms with E-state index in [1.54, 1.807) is 23.1 Å². The number of benzene rings is 2. The molecule has 0 saturated carbocycles. The minimum atomic E-state index is 0.0207. The van der Waals surface area contributed by atoms with Gasteiger partial charge in [-0.05, 0) is 24.3 Å². The van der Waals surface area contributed by atoms with E-state index in [1.165, 1.54) is 4.70 Å². The molecule has 2 aromatic carbocycles. The SMILES string of the molecule is O=C(CSCc1nc2ccccc2s1)Nc1ccccc1. The van der Waals surface area contributed by atoms with Crippen LogP contribution >= 0.6 is 23.1 Å². The molecule has 3 aromatic rings. The summed E-state index contributed by atoms with van der Waals surface area (Å²) in [5.41, 5.74) is 1.87. The minimum Gasteiger partial charge on any atom is -0.325 e. The van der Waals surface area contributed by atoms with Gasteiger partial charge < -0.3 is 5.32 Å². The van der Waals surface area contributed by atoms with Crippen LogP contribution in [0.15, 0.2) is 54.6 Å². The van der Waals surface area contributed by atoms with E-state index in [9.17, 15) is 4.79 Å². The predicted octanol–water partition coefficient (Wildman–Crippen LogP) is 4.17. The number of amides is 1. The molecule has 0 fully saturated rings. The number of thiazole rings is 1. The Morgan fingerprint density at radius 1 is 1.10 bits per heavy atom. The van der Waals surface area contributed by atoms with Crippen LogP contribution in [0.5, 0.6) is 0 Å². The highest BCUT2D eigenvalue weighted by Gasteiger charge is 2.06. The standard InChI is InChI=1S/C16H14N2OS2/c19-15(17-12-6-2-1-3-7-12)10-20-11-16-18-13-8-4-5-9-14(13)21-16/h1-9H,10-11H2,(H,17,19). The zero-order valence-corrected chi connectivity index (χ0v) is 12.9. The first-order valence-electron chi connectivity index (χ1n) is 6.58. The summed E-state index contributed by atoms with van der Waals surface area (Å²) in [6.07, 6.45) is 0. The van der Waals surface area contributed by atoms with E-state index >= 15 is 0 Å². The number of thioether (sulfide) groups is 1. The number of hydrogen-bond acceptors (Lipinski definition) is 4. The fourth-order valence-corrected chi connectivity index (χ4v) is 3.78. The maximum atomic E-state index is 11.8. The first-order valence-corrected chi connectivity index (χ1v) is 8.55. The van der Waals surface area contributed by atoms with Gasteiger partial charge in [-0.2, -0.15) is 0 Å². The van der Waals surface area contributed by atoms with Crippen LogP contribution in [0.4, 0.5) is 5.69 Å². The van der Waals surface area contributed by atoms with Crippen molar-refractivity contribution in [1.82, 2.24) is 4.98 Å². The number of rotatable bonds is 5.